The van der Waals surface area contributed by atoms with Gasteiger partial charge >= 0.3 is 5.97 Å². The number of rotatable bonds is 4. The quantitative estimate of drug-likeness (QED) is 0.659. The number of aryl methyl sites for hydroxylation is 1. The van der Waals surface area contributed by atoms with Crippen LogP contribution in [-0.4, -0.2) is 18.1 Å². The maximum atomic E-state index is 11.4. The first-order valence-electron chi connectivity index (χ1n) is 6.24. The Labute approximate surface area is 117 Å². The van der Waals surface area contributed by atoms with E-state index >= 15 is 0 Å². The standard InChI is InChI=1S/C15H17N3O2/c1-10-4-3-7-17-14(10)9-18-13-6-5-11(8-12(13)16)15(19)20-2/h3-8,18H,9,16H2,1-2H3. The molecule has 0 aliphatic carbocycles. The number of hydrogen-bond acceptors (Lipinski definition) is 5. The topological polar surface area (TPSA) is 77.2 Å². The van der Waals surface area contributed by atoms with Gasteiger partial charge in [0, 0.05) is 6.20 Å². The molecule has 0 unspecified atom stereocenters. The lowest BCUT2D eigenvalue weighted by Crippen LogP contribution is -2.07. The molecule has 0 spiro atoms. The predicted molar refractivity (Wildman–Crippen MR) is 78.5 cm³/mol. The van der Waals surface area contributed by atoms with Crippen molar-refractivity contribution in [3.8, 4) is 0 Å². The van der Waals surface area contributed by atoms with E-state index in [2.05, 4.69) is 15.0 Å². The van der Waals surface area contributed by atoms with Crippen molar-refractivity contribution >= 4 is 17.3 Å². The summed E-state index contributed by atoms with van der Waals surface area (Å²) in [7, 11) is 1.34. The molecule has 2 aromatic rings. The third-order valence-corrected chi connectivity index (χ3v) is 3.04. The van der Waals surface area contributed by atoms with Crippen LogP contribution in [-0.2, 0) is 11.3 Å². The lowest BCUT2D eigenvalue weighted by molar-refractivity contribution is 0.0601. The van der Waals surface area contributed by atoms with E-state index in [9.17, 15) is 4.79 Å². The third kappa shape index (κ3) is 3.06. The molecule has 0 saturated carbocycles. The van der Waals surface area contributed by atoms with E-state index in [0.29, 0.717) is 17.8 Å². The number of anilines is 2. The number of carbonyl (C=O) groups is 1. The smallest absolute Gasteiger partial charge is 0.337 e. The van der Waals surface area contributed by atoms with E-state index < -0.39 is 5.97 Å². The van der Waals surface area contributed by atoms with Gasteiger partial charge in [0.25, 0.3) is 0 Å². The van der Waals surface area contributed by atoms with Crippen LogP contribution in [0.4, 0.5) is 11.4 Å². The molecule has 1 heterocycles. The number of aromatic nitrogens is 1. The first-order chi connectivity index (χ1) is 9.61. The monoisotopic (exact) mass is 271 g/mol. The number of carbonyl (C=O) groups excluding carboxylic acids is 1. The summed E-state index contributed by atoms with van der Waals surface area (Å²) >= 11 is 0. The van der Waals surface area contributed by atoms with Crippen molar-refractivity contribution in [3.63, 3.8) is 0 Å². The van der Waals surface area contributed by atoms with E-state index in [0.717, 1.165) is 16.9 Å². The molecule has 20 heavy (non-hydrogen) atoms. The van der Waals surface area contributed by atoms with Crippen LogP contribution in [0.1, 0.15) is 21.6 Å². The van der Waals surface area contributed by atoms with Gasteiger partial charge in [-0.3, -0.25) is 4.98 Å². The minimum Gasteiger partial charge on any atom is -0.465 e. The highest BCUT2D eigenvalue weighted by Gasteiger charge is 2.08. The summed E-state index contributed by atoms with van der Waals surface area (Å²) in [4.78, 5) is 15.7. The van der Waals surface area contributed by atoms with Gasteiger partial charge in [0.15, 0.2) is 0 Å². The van der Waals surface area contributed by atoms with Crippen molar-refractivity contribution in [2.45, 2.75) is 13.5 Å². The van der Waals surface area contributed by atoms with Gasteiger partial charge in [-0.25, -0.2) is 4.79 Å². The molecule has 0 fully saturated rings. The molecule has 2 rings (SSSR count). The second-order valence-corrected chi connectivity index (χ2v) is 4.41. The average Bonchev–Trinajstić information content (AvgIpc) is 2.46. The number of ether oxygens (including phenoxy) is 1. The molecule has 5 nitrogen and oxygen atoms in total. The van der Waals surface area contributed by atoms with Crippen molar-refractivity contribution in [2.75, 3.05) is 18.2 Å². The van der Waals surface area contributed by atoms with Crippen molar-refractivity contribution in [2.24, 2.45) is 0 Å². The molecule has 1 aromatic carbocycles. The lowest BCUT2D eigenvalue weighted by Gasteiger charge is -2.11. The Hall–Kier alpha value is -2.56. The Balaban J connectivity index is 2.11. The highest BCUT2D eigenvalue weighted by atomic mass is 16.5. The zero-order valence-corrected chi connectivity index (χ0v) is 11.5. The highest BCUT2D eigenvalue weighted by Crippen LogP contribution is 2.21. The maximum Gasteiger partial charge on any atom is 0.337 e. The van der Waals surface area contributed by atoms with E-state index in [1.54, 1.807) is 24.4 Å². The number of benzene rings is 1. The summed E-state index contributed by atoms with van der Waals surface area (Å²) < 4.78 is 4.65. The zero-order valence-electron chi connectivity index (χ0n) is 11.5. The molecule has 0 aliphatic heterocycles. The Morgan fingerprint density at radius 3 is 2.85 bits per heavy atom. The molecule has 0 radical (unpaired) electrons. The normalized spacial score (nSPS) is 10.1. The second kappa shape index (κ2) is 6.06. The number of nitrogens with zero attached hydrogens (tertiary/aromatic N) is 1. The van der Waals surface area contributed by atoms with E-state index in [1.165, 1.54) is 7.11 Å². The van der Waals surface area contributed by atoms with Crippen LogP contribution in [0.3, 0.4) is 0 Å². The van der Waals surface area contributed by atoms with Gasteiger partial charge in [-0.15, -0.1) is 0 Å². The summed E-state index contributed by atoms with van der Waals surface area (Å²) in [6, 6.07) is 8.95. The molecular formula is C15H17N3O2. The molecule has 3 N–H and O–H groups in total. The fourth-order valence-electron chi connectivity index (χ4n) is 1.85. The van der Waals surface area contributed by atoms with Crippen molar-refractivity contribution < 1.29 is 9.53 Å². The minimum atomic E-state index is -0.399. The Morgan fingerprint density at radius 1 is 1.40 bits per heavy atom. The van der Waals surface area contributed by atoms with E-state index in [-0.39, 0.29) is 0 Å². The van der Waals surface area contributed by atoms with Crippen LogP contribution in [0, 0.1) is 6.92 Å². The minimum absolute atomic E-state index is 0.399. The number of pyridine rings is 1. The molecule has 5 heteroatoms. The van der Waals surface area contributed by atoms with Gasteiger partial charge in [-0.2, -0.15) is 0 Å². The van der Waals surface area contributed by atoms with Gasteiger partial charge in [0.1, 0.15) is 0 Å². The molecular weight excluding hydrogens is 254 g/mol. The third-order valence-electron chi connectivity index (χ3n) is 3.04. The molecule has 0 aliphatic rings. The van der Waals surface area contributed by atoms with Gasteiger partial charge in [-0.1, -0.05) is 6.07 Å². The zero-order chi connectivity index (χ0) is 14.5. The highest BCUT2D eigenvalue weighted by molar-refractivity contribution is 5.91. The second-order valence-electron chi connectivity index (χ2n) is 4.41. The molecule has 0 saturated heterocycles. The Morgan fingerprint density at radius 2 is 2.20 bits per heavy atom. The lowest BCUT2D eigenvalue weighted by atomic mass is 10.1. The van der Waals surface area contributed by atoms with Crippen molar-refractivity contribution in [3.05, 3.63) is 53.3 Å². The number of methoxy groups -OCH3 is 1. The fourth-order valence-corrected chi connectivity index (χ4v) is 1.85. The molecule has 0 atom stereocenters. The van der Waals surface area contributed by atoms with Crippen LogP contribution in [0.5, 0.6) is 0 Å². The number of nitrogens with two attached hydrogens (primary N) is 1. The molecule has 0 amide bonds. The number of esters is 1. The van der Waals surface area contributed by atoms with Crippen LogP contribution < -0.4 is 11.1 Å². The number of nitrogens with one attached hydrogen (secondary N) is 1. The van der Waals surface area contributed by atoms with Gasteiger partial charge < -0.3 is 15.8 Å². The van der Waals surface area contributed by atoms with E-state index in [1.807, 2.05) is 19.1 Å². The van der Waals surface area contributed by atoms with Gasteiger partial charge in [0.05, 0.1) is 36.3 Å². The van der Waals surface area contributed by atoms with Crippen molar-refractivity contribution in [1.82, 2.24) is 4.98 Å². The fraction of sp³-hybridized carbons (Fsp3) is 0.200. The van der Waals surface area contributed by atoms with Crippen LogP contribution in [0.2, 0.25) is 0 Å². The molecule has 0 bridgehead atoms. The van der Waals surface area contributed by atoms with Crippen LogP contribution >= 0.6 is 0 Å². The summed E-state index contributed by atoms with van der Waals surface area (Å²) in [6.07, 6.45) is 1.76. The summed E-state index contributed by atoms with van der Waals surface area (Å²) in [5.41, 5.74) is 9.71. The molecule has 1 aromatic heterocycles. The summed E-state index contributed by atoms with van der Waals surface area (Å²) in [5, 5.41) is 3.21. The number of hydrogen-bond donors (Lipinski definition) is 2. The van der Waals surface area contributed by atoms with Crippen LogP contribution in [0.25, 0.3) is 0 Å². The first kappa shape index (κ1) is 13.9. The SMILES string of the molecule is COC(=O)c1ccc(NCc2ncccc2C)c(N)c1. The Kier molecular flexibility index (Phi) is 4.20. The van der Waals surface area contributed by atoms with E-state index in [4.69, 9.17) is 5.73 Å². The predicted octanol–water partition coefficient (Wildman–Crippen LogP) is 2.37. The largest absolute Gasteiger partial charge is 0.465 e. The maximum absolute atomic E-state index is 11.4. The van der Waals surface area contributed by atoms with Crippen molar-refractivity contribution in [1.29, 1.82) is 0 Å². The summed E-state index contributed by atoms with van der Waals surface area (Å²) in [6.45, 7) is 2.59. The Bertz CT molecular complexity index is 626. The summed E-state index contributed by atoms with van der Waals surface area (Å²) in [5.74, 6) is -0.399. The molecule has 104 valence electrons. The average molecular weight is 271 g/mol. The number of nitrogen functional groups attached to an aromatic ring is 1. The first-order valence-corrected chi connectivity index (χ1v) is 6.24. The van der Waals surface area contributed by atoms with Crippen LogP contribution in [0.15, 0.2) is 36.5 Å². The van der Waals surface area contributed by atoms with Gasteiger partial charge in [0.2, 0.25) is 0 Å². The van der Waals surface area contributed by atoms with Gasteiger partial charge in [-0.05, 0) is 36.8 Å².